The van der Waals surface area contributed by atoms with E-state index in [1.54, 1.807) is 19.9 Å². The zero-order chi connectivity index (χ0) is 28.2. The van der Waals surface area contributed by atoms with Crippen LogP contribution in [0.1, 0.15) is 150 Å². The molecule has 0 aromatic heterocycles. The van der Waals surface area contributed by atoms with E-state index in [9.17, 15) is 20.1 Å². The number of aliphatic hydroxyl groups excluding tert-OH is 2. The van der Waals surface area contributed by atoms with E-state index in [-0.39, 0.29) is 18.4 Å². The molecule has 38 heavy (non-hydrogen) atoms. The van der Waals surface area contributed by atoms with Crippen LogP contribution < -0.4 is 0 Å². The third-order valence-electron chi connectivity index (χ3n) is 8.08. The molecule has 0 spiro atoms. The van der Waals surface area contributed by atoms with Gasteiger partial charge >= 0.3 is 5.97 Å². The van der Waals surface area contributed by atoms with E-state index in [2.05, 4.69) is 6.92 Å². The molecule has 1 heterocycles. The molecule has 1 saturated heterocycles. The Bertz CT molecular complexity index is 621. The third kappa shape index (κ3) is 16.2. The summed E-state index contributed by atoms with van der Waals surface area (Å²) in [5, 5.41) is 29.5. The minimum absolute atomic E-state index is 0.0691. The number of ether oxygens (including phenoxy) is 2. The van der Waals surface area contributed by atoms with Crippen LogP contribution in [0.15, 0.2) is 11.6 Å². The second-order valence-electron chi connectivity index (χ2n) is 11.7. The first-order valence-electron chi connectivity index (χ1n) is 15.8. The van der Waals surface area contributed by atoms with Gasteiger partial charge in [0.1, 0.15) is 6.10 Å². The predicted octanol–water partition coefficient (Wildman–Crippen LogP) is 7.94. The van der Waals surface area contributed by atoms with Crippen LogP contribution in [-0.2, 0) is 14.3 Å². The van der Waals surface area contributed by atoms with Crippen LogP contribution >= 0.6 is 0 Å². The number of carboxylic acids is 1. The normalized spacial score (nSPS) is 23.9. The van der Waals surface area contributed by atoms with Gasteiger partial charge in [0.05, 0.1) is 18.3 Å². The van der Waals surface area contributed by atoms with E-state index in [0.29, 0.717) is 5.57 Å². The van der Waals surface area contributed by atoms with Crippen molar-refractivity contribution in [3.63, 3.8) is 0 Å². The Balaban J connectivity index is 2.19. The first-order chi connectivity index (χ1) is 18.3. The molecule has 0 saturated carbocycles. The van der Waals surface area contributed by atoms with Crippen LogP contribution in [-0.4, -0.2) is 52.0 Å². The average molecular weight is 541 g/mol. The Morgan fingerprint density at radius 1 is 0.842 bits per heavy atom. The Morgan fingerprint density at radius 3 is 1.74 bits per heavy atom. The molecule has 0 aromatic rings. The van der Waals surface area contributed by atoms with Gasteiger partial charge in [-0.1, -0.05) is 122 Å². The van der Waals surface area contributed by atoms with Crippen molar-refractivity contribution in [2.24, 2.45) is 5.92 Å². The molecule has 6 atom stereocenters. The van der Waals surface area contributed by atoms with Gasteiger partial charge in [0.15, 0.2) is 6.29 Å². The van der Waals surface area contributed by atoms with Crippen molar-refractivity contribution in [2.45, 2.75) is 180 Å². The summed E-state index contributed by atoms with van der Waals surface area (Å²) in [6, 6.07) is 0. The molecule has 0 aromatic carbocycles. The topological polar surface area (TPSA) is 96.2 Å². The number of aliphatic hydroxyl groups is 2. The lowest BCUT2D eigenvalue weighted by molar-refractivity contribution is -0.276. The van der Waals surface area contributed by atoms with Gasteiger partial charge in [-0.05, 0) is 27.2 Å². The van der Waals surface area contributed by atoms with Crippen LogP contribution in [0.25, 0.3) is 0 Å². The molecule has 1 rings (SSSR count). The van der Waals surface area contributed by atoms with Gasteiger partial charge < -0.3 is 24.8 Å². The van der Waals surface area contributed by atoms with Gasteiger partial charge in [0.2, 0.25) is 0 Å². The second-order valence-corrected chi connectivity index (χ2v) is 11.7. The fraction of sp³-hybridized carbons (Fsp3) is 0.906. The maximum atomic E-state index is 11.4. The number of hydrogen-bond donors (Lipinski definition) is 3. The molecule has 3 N–H and O–H groups in total. The molecule has 1 fully saturated rings. The summed E-state index contributed by atoms with van der Waals surface area (Å²) < 4.78 is 11.7. The monoisotopic (exact) mass is 540 g/mol. The quantitative estimate of drug-likeness (QED) is 0.0899. The highest BCUT2D eigenvalue weighted by Crippen LogP contribution is 2.27. The summed E-state index contributed by atoms with van der Waals surface area (Å²) in [7, 11) is 0. The van der Waals surface area contributed by atoms with Gasteiger partial charge in [-0.2, -0.15) is 0 Å². The first-order valence-corrected chi connectivity index (χ1v) is 15.8. The van der Waals surface area contributed by atoms with Gasteiger partial charge in [0, 0.05) is 17.9 Å². The second kappa shape index (κ2) is 21.8. The molecular formula is C32H60O6. The van der Waals surface area contributed by atoms with Gasteiger partial charge in [-0.25, -0.2) is 4.79 Å². The van der Waals surface area contributed by atoms with Crippen LogP contribution in [0.5, 0.6) is 0 Å². The molecule has 3 unspecified atom stereocenters. The lowest BCUT2D eigenvalue weighted by Gasteiger charge is -2.37. The SMILES string of the molecule is CCCCCCCCCCCCCCCCCCCC(/C=C(\C)C(=O)O)[C@@H](C)O[C@@H]1OC(C)[C@H](O)CC1O. The lowest BCUT2D eigenvalue weighted by atomic mass is 9.93. The summed E-state index contributed by atoms with van der Waals surface area (Å²) in [6.07, 6.45) is 22.3. The average Bonchev–Trinajstić information content (AvgIpc) is 2.88. The highest BCUT2D eigenvalue weighted by atomic mass is 16.7. The largest absolute Gasteiger partial charge is 0.478 e. The predicted molar refractivity (Wildman–Crippen MR) is 155 cm³/mol. The van der Waals surface area contributed by atoms with E-state index in [0.717, 1.165) is 19.3 Å². The fourth-order valence-electron chi connectivity index (χ4n) is 5.33. The summed E-state index contributed by atoms with van der Waals surface area (Å²) in [5.41, 5.74) is 0.311. The molecule has 1 aliphatic heterocycles. The summed E-state index contributed by atoms with van der Waals surface area (Å²) in [5.74, 6) is -0.990. The standard InChI is InChI=1S/C32H60O6/c1-5-6-7-8-9-10-11-12-13-14-15-16-17-18-19-20-21-22-28(23-25(2)31(35)36)26(3)37-32-30(34)24-29(33)27(4)38-32/h23,26-30,32-34H,5-22,24H2,1-4H3,(H,35,36)/b25-23+/t26-,27?,28?,29-,30?,32-/m1/s1. The van der Waals surface area contributed by atoms with E-state index in [1.807, 2.05) is 6.92 Å². The van der Waals surface area contributed by atoms with Crippen molar-refractivity contribution in [2.75, 3.05) is 0 Å². The van der Waals surface area contributed by atoms with Crippen molar-refractivity contribution >= 4 is 5.97 Å². The Kier molecular flexibility index (Phi) is 20.1. The number of carbonyl (C=O) groups is 1. The number of aliphatic carboxylic acids is 1. The summed E-state index contributed by atoms with van der Waals surface area (Å²) in [6.45, 7) is 7.56. The highest BCUT2D eigenvalue weighted by molar-refractivity contribution is 5.85. The molecule has 1 aliphatic rings. The minimum Gasteiger partial charge on any atom is -0.478 e. The van der Waals surface area contributed by atoms with Crippen molar-refractivity contribution in [1.29, 1.82) is 0 Å². The van der Waals surface area contributed by atoms with Crippen LogP contribution in [0.4, 0.5) is 0 Å². The van der Waals surface area contributed by atoms with Crippen molar-refractivity contribution < 1.29 is 29.6 Å². The molecule has 224 valence electrons. The zero-order valence-electron chi connectivity index (χ0n) is 25.0. The van der Waals surface area contributed by atoms with Crippen molar-refractivity contribution in [3.05, 3.63) is 11.6 Å². The number of carboxylic acid groups (broad SMARTS) is 1. The Hall–Kier alpha value is -0.950. The van der Waals surface area contributed by atoms with Crippen LogP contribution in [0.3, 0.4) is 0 Å². The van der Waals surface area contributed by atoms with E-state index in [1.165, 1.54) is 96.3 Å². The lowest BCUT2D eigenvalue weighted by Crippen LogP contribution is -2.48. The third-order valence-corrected chi connectivity index (χ3v) is 8.08. The highest BCUT2D eigenvalue weighted by Gasteiger charge is 2.36. The zero-order valence-corrected chi connectivity index (χ0v) is 25.0. The fourth-order valence-corrected chi connectivity index (χ4v) is 5.33. The summed E-state index contributed by atoms with van der Waals surface area (Å²) >= 11 is 0. The smallest absolute Gasteiger partial charge is 0.330 e. The molecule has 0 radical (unpaired) electrons. The van der Waals surface area contributed by atoms with Gasteiger partial charge in [-0.3, -0.25) is 0 Å². The summed E-state index contributed by atoms with van der Waals surface area (Å²) in [4.78, 5) is 11.4. The first kappa shape index (κ1) is 35.1. The van der Waals surface area contributed by atoms with E-state index in [4.69, 9.17) is 9.47 Å². The Morgan fingerprint density at radius 2 is 1.29 bits per heavy atom. The molecule has 6 heteroatoms. The van der Waals surface area contributed by atoms with Crippen molar-refractivity contribution in [3.8, 4) is 0 Å². The molecule has 0 amide bonds. The number of unbranched alkanes of at least 4 members (excludes halogenated alkanes) is 16. The molecule has 6 nitrogen and oxygen atoms in total. The van der Waals surface area contributed by atoms with Crippen LogP contribution in [0, 0.1) is 5.92 Å². The van der Waals surface area contributed by atoms with Gasteiger partial charge in [-0.15, -0.1) is 0 Å². The number of rotatable bonds is 23. The minimum atomic E-state index is -0.921. The van der Waals surface area contributed by atoms with Gasteiger partial charge in [0.25, 0.3) is 0 Å². The van der Waals surface area contributed by atoms with E-state index < -0.39 is 30.6 Å². The van der Waals surface area contributed by atoms with E-state index >= 15 is 0 Å². The number of hydrogen-bond acceptors (Lipinski definition) is 5. The maximum absolute atomic E-state index is 11.4. The molecule has 0 bridgehead atoms. The molecular weight excluding hydrogens is 480 g/mol. The molecule has 0 aliphatic carbocycles. The Labute approximate surface area is 233 Å². The van der Waals surface area contributed by atoms with Crippen molar-refractivity contribution in [1.82, 2.24) is 0 Å². The maximum Gasteiger partial charge on any atom is 0.330 e. The van der Waals surface area contributed by atoms with Crippen LogP contribution in [0.2, 0.25) is 0 Å².